The number of hydrogen-bond acceptors (Lipinski definition) is 5. The van der Waals surface area contributed by atoms with Crippen LogP contribution < -0.4 is 5.32 Å². The van der Waals surface area contributed by atoms with E-state index in [2.05, 4.69) is 15.5 Å². The quantitative estimate of drug-likeness (QED) is 0.844. The number of halogens is 3. The molecule has 1 heterocycles. The van der Waals surface area contributed by atoms with Crippen molar-refractivity contribution in [2.45, 2.75) is 19.5 Å². The van der Waals surface area contributed by atoms with Gasteiger partial charge < -0.3 is 10.4 Å². The standard InChI is InChI=1S/C8H12F3N3OS/c1-5(2-3-15)4-12-7-14-13-6(16-7)8(9,10)11/h5,15H,2-4H2,1H3,(H,12,14). The molecule has 0 saturated carbocycles. The number of aromatic nitrogens is 2. The number of nitrogens with one attached hydrogen (secondary N) is 1. The van der Waals surface area contributed by atoms with Gasteiger partial charge in [0, 0.05) is 13.2 Å². The van der Waals surface area contributed by atoms with Crippen LogP contribution in [0.15, 0.2) is 0 Å². The fourth-order valence-electron chi connectivity index (χ4n) is 0.993. The highest BCUT2D eigenvalue weighted by Gasteiger charge is 2.35. The highest BCUT2D eigenvalue weighted by Crippen LogP contribution is 2.32. The van der Waals surface area contributed by atoms with E-state index in [1.807, 2.05) is 6.92 Å². The van der Waals surface area contributed by atoms with E-state index in [9.17, 15) is 13.2 Å². The second kappa shape index (κ2) is 5.44. The van der Waals surface area contributed by atoms with E-state index in [4.69, 9.17) is 5.11 Å². The first-order chi connectivity index (χ1) is 7.43. The average molecular weight is 255 g/mol. The summed E-state index contributed by atoms with van der Waals surface area (Å²) >= 11 is 0.479. The topological polar surface area (TPSA) is 58.0 Å². The van der Waals surface area contributed by atoms with Crippen molar-refractivity contribution in [2.24, 2.45) is 5.92 Å². The second-order valence-electron chi connectivity index (χ2n) is 3.41. The first-order valence-electron chi connectivity index (χ1n) is 4.69. The molecule has 1 atom stereocenters. The maximum Gasteiger partial charge on any atom is 0.445 e. The molecule has 0 aromatic carbocycles. The van der Waals surface area contributed by atoms with Gasteiger partial charge in [0.1, 0.15) is 0 Å². The number of anilines is 1. The minimum Gasteiger partial charge on any atom is -0.396 e. The number of aliphatic hydroxyl groups excluding tert-OH is 1. The summed E-state index contributed by atoms with van der Waals surface area (Å²) in [4.78, 5) is 0. The SMILES string of the molecule is CC(CCO)CNc1nnc(C(F)(F)F)s1. The van der Waals surface area contributed by atoms with Crippen LogP contribution in [0.5, 0.6) is 0 Å². The molecule has 0 bridgehead atoms. The van der Waals surface area contributed by atoms with Crippen LogP contribution in [-0.2, 0) is 6.18 Å². The van der Waals surface area contributed by atoms with E-state index in [0.29, 0.717) is 24.3 Å². The number of aliphatic hydroxyl groups is 1. The van der Waals surface area contributed by atoms with Crippen molar-refractivity contribution in [3.63, 3.8) is 0 Å². The smallest absolute Gasteiger partial charge is 0.396 e. The monoisotopic (exact) mass is 255 g/mol. The lowest BCUT2D eigenvalue weighted by atomic mass is 10.1. The first kappa shape index (κ1) is 13.2. The molecule has 92 valence electrons. The van der Waals surface area contributed by atoms with E-state index in [1.165, 1.54) is 0 Å². The van der Waals surface area contributed by atoms with E-state index >= 15 is 0 Å². The lowest BCUT2D eigenvalue weighted by molar-refractivity contribution is -0.138. The molecular weight excluding hydrogens is 243 g/mol. The van der Waals surface area contributed by atoms with Gasteiger partial charge in [-0.05, 0) is 12.3 Å². The Labute approximate surface area is 94.5 Å². The van der Waals surface area contributed by atoms with Crippen molar-refractivity contribution >= 4 is 16.5 Å². The van der Waals surface area contributed by atoms with Crippen molar-refractivity contribution in [2.75, 3.05) is 18.5 Å². The molecule has 4 nitrogen and oxygen atoms in total. The van der Waals surface area contributed by atoms with Gasteiger partial charge in [0.15, 0.2) is 0 Å². The Kier molecular flexibility index (Phi) is 4.48. The molecular formula is C8H12F3N3OS. The van der Waals surface area contributed by atoms with Gasteiger partial charge in [0.05, 0.1) is 0 Å². The lowest BCUT2D eigenvalue weighted by Gasteiger charge is -2.09. The molecule has 1 unspecified atom stereocenters. The molecule has 1 rings (SSSR count). The summed E-state index contributed by atoms with van der Waals surface area (Å²) < 4.78 is 36.5. The fourth-order valence-corrected chi connectivity index (χ4v) is 1.61. The summed E-state index contributed by atoms with van der Waals surface area (Å²) in [5.41, 5.74) is 0. The molecule has 1 aromatic heterocycles. The molecule has 8 heteroatoms. The van der Waals surface area contributed by atoms with Gasteiger partial charge in [-0.3, -0.25) is 0 Å². The van der Waals surface area contributed by atoms with Crippen LogP contribution in [0.4, 0.5) is 18.3 Å². The Balaban J connectivity index is 2.47. The molecule has 0 fully saturated rings. The fraction of sp³-hybridized carbons (Fsp3) is 0.750. The minimum absolute atomic E-state index is 0.0623. The van der Waals surface area contributed by atoms with Gasteiger partial charge in [0.2, 0.25) is 10.1 Å². The lowest BCUT2D eigenvalue weighted by Crippen LogP contribution is -2.12. The van der Waals surface area contributed by atoms with Crippen LogP contribution in [-0.4, -0.2) is 28.5 Å². The van der Waals surface area contributed by atoms with Crippen LogP contribution in [0.2, 0.25) is 0 Å². The van der Waals surface area contributed by atoms with Crippen molar-refractivity contribution in [1.29, 1.82) is 0 Å². The van der Waals surface area contributed by atoms with Crippen LogP contribution >= 0.6 is 11.3 Å². The zero-order chi connectivity index (χ0) is 12.2. The normalized spacial score (nSPS) is 13.8. The summed E-state index contributed by atoms with van der Waals surface area (Å²) in [5.74, 6) is 0.170. The predicted molar refractivity (Wildman–Crippen MR) is 54.3 cm³/mol. The number of hydrogen-bond donors (Lipinski definition) is 2. The Bertz CT molecular complexity index is 329. The summed E-state index contributed by atoms with van der Waals surface area (Å²) in [7, 11) is 0. The molecule has 0 spiro atoms. The average Bonchev–Trinajstić information content (AvgIpc) is 2.63. The molecule has 0 aliphatic rings. The molecule has 0 amide bonds. The van der Waals surface area contributed by atoms with Crippen LogP contribution in [0.3, 0.4) is 0 Å². The third-order valence-electron chi connectivity index (χ3n) is 1.89. The van der Waals surface area contributed by atoms with Gasteiger partial charge >= 0.3 is 6.18 Å². The summed E-state index contributed by atoms with van der Waals surface area (Å²) in [6, 6.07) is 0. The highest BCUT2D eigenvalue weighted by molar-refractivity contribution is 7.15. The van der Waals surface area contributed by atoms with Crippen molar-refractivity contribution in [3.05, 3.63) is 5.01 Å². The van der Waals surface area contributed by atoms with E-state index in [1.54, 1.807) is 0 Å². The molecule has 0 aliphatic carbocycles. The van der Waals surface area contributed by atoms with Crippen LogP contribution in [0.25, 0.3) is 0 Å². The molecule has 0 aliphatic heterocycles. The number of rotatable bonds is 5. The first-order valence-corrected chi connectivity index (χ1v) is 5.50. The summed E-state index contributed by atoms with van der Waals surface area (Å²) in [6.07, 6.45) is -3.84. The second-order valence-corrected chi connectivity index (χ2v) is 4.39. The van der Waals surface area contributed by atoms with Crippen molar-refractivity contribution in [1.82, 2.24) is 10.2 Å². The van der Waals surface area contributed by atoms with Crippen molar-refractivity contribution in [3.8, 4) is 0 Å². The third-order valence-corrected chi connectivity index (χ3v) is 2.82. The molecule has 1 aromatic rings. The van der Waals surface area contributed by atoms with Crippen molar-refractivity contribution < 1.29 is 18.3 Å². The number of nitrogens with zero attached hydrogens (tertiary/aromatic N) is 2. The zero-order valence-electron chi connectivity index (χ0n) is 8.58. The van der Waals surface area contributed by atoms with E-state index in [0.717, 1.165) is 0 Å². The summed E-state index contributed by atoms with van der Waals surface area (Å²) in [5, 5.41) is 17.0. The Morgan fingerprint density at radius 3 is 2.62 bits per heavy atom. The van der Waals surface area contributed by atoms with Crippen LogP contribution in [0.1, 0.15) is 18.4 Å². The Morgan fingerprint density at radius 1 is 1.44 bits per heavy atom. The van der Waals surface area contributed by atoms with Gasteiger partial charge in [-0.25, -0.2) is 0 Å². The summed E-state index contributed by atoms with van der Waals surface area (Å²) in [6.45, 7) is 2.41. The maximum absolute atomic E-state index is 12.2. The Morgan fingerprint density at radius 2 is 2.12 bits per heavy atom. The highest BCUT2D eigenvalue weighted by atomic mass is 32.1. The predicted octanol–water partition coefficient (Wildman–Crippen LogP) is 1.99. The molecule has 2 N–H and O–H groups in total. The molecule has 16 heavy (non-hydrogen) atoms. The third kappa shape index (κ3) is 3.93. The molecule has 0 radical (unpaired) electrons. The minimum atomic E-state index is -4.44. The zero-order valence-corrected chi connectivity index (χ0v) is 9.40. The number of alkyl halides is 3. The van der Waals surface area contributed by atoms with Crippen LogP contribution in [0, 0.1) is 5.92 Å². The largest absolute Gasteiger partial charge is 0.445 e. The molecule has 0 saturated heterocycles. The van der Waals surface area contributed by atoms with Gasteiger partial charge in [0.25, 0.3) is 0 Å². The van der Waals surface area contributed by atoms with E-state index in [-0.39, 0.29) is 17.7 Å². The van der Waals surface area contributed by atoms with E-state index < -0.39 is 11.2 Å². The van der Waals surface area contributed by atoms with Gasteiger partial charge in [-0.2, -0.15) is 13.2 Å². The maximum atomic E-state index is 12.2. The van der Waals surface area contributed by atoms with Gasteiger partial charge in [-0.15, -0.1) is 10.2 Å². The van der Waals surface area contributed by atoms with Gasteiger partial charge in [-0.1, -0.05) is 18.3 Å². The Hall–Kier alpha value is -0.890.